The number of hydrogen-bond donors (Lipinski definition) is 1. The third-order valence-electron chi connectivity index (χ3n) is 2.40. The van der Waals surface area contributed by atoms with Gasteiger partial charge in [0.05, 0.1) is 5.52 Å². The smallest absolute Gasteiger partial charge is 0.311 e. The van der Waals surface area contributed by atoms with E-state index in [1.165, 1.54) is 0 Å². The van der Waals surface area contributed by atoms with Crippen LogP contribution >= 0.6 is 0 Å². The first-order valence-corrected chi connectivity index (χ1v) is 5.02. The third kappa shape index (κ3) is 2.00. The second-order valence-corrected chi connectivity index (χ2v) is 3.82. The first-order chi connectivity index (χ1) is 7.56. The van der Waals surface area contributed by atoms with Crippen molar-refractivity contribution in [2.24, 2.45) is 0 Å². The van der Waals surface area contributed by atoms with Crippen molar-refractivity contribution in [1.82, 2.24) is 9.97 Å². The minimum Gasteiger partial charge on any atom is -0.481 e. The number of benzene rings is 1. The van der Waals surface area contributed by atoms with E-state index in [9.17, 15) is 4.79 Å². The van der Waals surface area contributed by atoms with Crippen molar-refractivity contribution >= 4 is 16.9 Å². The number of aryl methyl sites for hydroxylation is 2. The fourth-order valence-electron chi connectivity index (χ4n) is 1.67. The molecular weight excluding hydrogens is 204 g/mol. The number of aliphatic carboxylic acids is 1. The maximum atomic E-state index is 10.6. The van der Waals surface area contributed by atoms with Crippen molar-refractivity contribution in [3.63, 3.8) is 0 Å². The van der Waals surface area contributed by atoms with Gasteiger partial charge in [-0.05, 0) is 26.0 Å². The summed E-state index contributed by atoms with van der Waals surface area (Å²) < 4.78 is 0. The molecule has 0 atom stereocenters. The molecule has 0 radical (unpaired) electrons. The minimum absolute atomic E-state index is 0.134. The van der Waals surface area contributed by atoms with E-state index in [2.05, 4.69) is 9.97 Å². The lowest BCUT2D eigenvalue weighted by atomic mass is 10.1. The van der Waals surface area contributed by atoms with E-state index in [1.54, 1.807) is 0 Å². The molecule has 4 nitrogen and oxygen atoms in total. The number of nitrogens with zero attached hydrogens (tertiary/aromatic N) is 2. The molecule has 1 aromatic heterocycles. The van der Waals surface area contributed by atoms with Crippen molar-refractivity contribution in [2.45, 2.75) is 20.3 Å². The number of carboxylic acid groups (broad SMARTS) is 1. The van der Waals surface area contributed by atoms with E-state index in [0.717, 1.165) is 22.2 Å². The maximum absolute atomic E-state index is 10.6. The Morgan fingerprint density at radius 3 is 2.75 bits per heavy atom. The highest BCUT2D eigenvalue weighted by Crippen LogP contribution is 2.17. The summed E-state index contributed by atoms with van der Waals surface area (Å²) >= 11 is 0. The second-order valence-electron chi connectivity index (χ2n) is 3.82. The van der Waals surface area contributed by atoms with Gasteiger partial charge < -0.3 is 5.11 Å². The summed E-state index contributed by atoms with van der Waals surface area (Å²) in [6.07, 6.45) is -0.134. The Hall–Kier alpha value is -1.97. The number of rotatable bonds is 2. The summed E-state index contributed by atoms with van der Waals surface area (Å²) in [5.41, 5.74) is 2.77. The number of fused-ring (bicyclic) bond motifs is 1. The fraction of sp³-hybridized carbons (Fsp3) is 0.250. The summed E-state index contributed by atoms with van der Waals surface area (Å²) in [5.74, 6) is -0.549. The average Bonchev–Trinajstić information content (AvgIpc) is 2.18. The van der Waals surface area contributed by atoms with Gasteiger partial charge in [0.25, 0.3) is 0 Å². The zero-order valence-electron chi connectivity index (χ0n) is 9.19. The lowest BCUT2D eigenvalue weighted by Gasteiger charge is -2.04. The molecule has 0 aliphatic rings. The highest BCUT2D eigenvalue weighted by molar-refractivity contribution is 5.82. The highest BCUT2D eigenvalue weighted by atomic mass is 16.4. The molecule has 0 amide bonds. The van der Waals surface area contributed by atoms with Gasteiger partial charge in [-0.2, -0.15) is 0 Å². The van der Waals surface area contributed by atoms with Crippen LogP contribution in [0.5, 0.6) is 0 Å². The summed E-state index contributed by atoms with van der Waals surface area (Å²) in [5, 5.41) is 9.67. The van der Waals surface area contributed by atoms with E-state index in [4.69, 9.17) is 5.11 Å². The Labute approximate surface area is 93.0 Å². The Morgan fingerprint density at radius 2 is 2.06 bits per heavy atom. The summed E-state index contributed by atoms with van der Waals surface area (Å²) in [6.45, 7) is 3.87. The maximum Gasteiger partial charge on any atom is 0.311 e. The largest absolute Gasteiger partial charge is 0.481 e. The van der Waals surface area contributed by atoms with Crippen LogP contribution < -0.4 is 0 Å². The first kappa shape index (κ1) is 10.5. The Bertz CT molecular complexity index is 564. The predicted molar refractivity (Wildman–Crippen MR) is 60.4 cm³/mol. The zero-order valence-corrected chi connectivity index (χ0v) is 9.19. The molecule has 0 aliphatic carbocycles. The Balaban J connectivity index is 2.59. The van der Waals surface area contributed by atoms with Gasteiger partial charge in [-0.3, -0.25) is 4.79 Å². The van der Waals surface area contributed by atoms with Gasteiger partial charge in [0.15, 0.2) is 0 Å². The molecular formula is C12H12N2O2. The van der Waals surface area contributed by atoms with Gasteiger partial charge in [-0.1, -0.05) is 11.6 Å². The molecule has 0 saturated carbocycles. The van der Waals surface area contributed by atoms with Gasteiger partial charge in [0.1, 0.15) is 12.2 Å². The van der Waals surface area contributed by atoms with Gasteiger partial charge in [0, 0.05) is 11.1 Å². The van der Waals surface area contributed by atoms with Gasteiger partial charge >= 0.3 is 5.97 Å². The average molecular weight is 216 g/mol. The van der Waals surface area contributed by atoms with Gasteiger partial charge in [-0.15, -0.1) is 0 Å². The predicted octanol–water partition coefficient (Wildman–Crippen LogP) is 1.87. The van der Waals surface area contributed by atoms with E-state index >= 15 is 0 Å². The molecule has 2 rings (SSSR count). The molecule has 0 fully saturated rings. The van der Waals surface area contributed by atoms with Gasteiger partial charge in [0.2, 0.25) is 0 Å². The summed E-state index contributed by atoms with van der Waals surface area (Å²) in [7, 11) is 0. The van der Waals surface area contributed by atoms with Crippen LogP contribution in [0.1, 0.15) is 17.1 Å². The van der Waals surface area contributed by atoms with Crippen LogP contribution in [-0.2, 0) is 11.2 Å². The molecule has 0 bridgehead atoms. The van der Waals surface area contributed by atoms with Crippen LogP contribution in [0.2, 0.25) is 0 Å². The molecule has 0 unspecified atom stereocenters. The quantitative estimate of drug-likeness (QED) is 0.832. The van der Waals surface area contributed by atoms with Crippen LogP contribution in [0.15, 0.2) is 18.2 Å². The van der Waals surface area contributed by atoms with Gasteiger partial charge in [-0.25, -0.2) is 9.97 Å². The molecule has 0 spiro atoms. The van der Waals surface area contributed by atoms with Crippen molar-refractivity contribution in [1.29, 1.82) is 0 Å². The fourth-order valence-corrected chi connectivity index (χ4v) is 1.67. The topological polar surface area (TPSA) is 63.1 Å². The Morgan fingerprint density at radius 1 is 1.31 bits per heavy atom. The molecule has 1 N–H and O–H groups in total. The van der Waals surface area contributed by atoms with Crippen LogP contribution in [0, 0.1) is 13.8 Å². The van der Waals surface area contributed by atoms with Crippen molar-refractivity contribution in [2.75, 3.05) is 0 Å². The number of carboxylic acids is 1. The van der Waals surface area contributed by atoms with Crippen LogP contribution in [0.25, 0.3) is 10.9 Å². The molecule has 1 aromatic carbocycles. The normalized spacial score (nSPS) is 10.6. The molecule has 0 saturated heterocycles. The molecule has 16 heavy (non-hydrogen) atoms. The molecule has 1 heterocycles. The number of carbonyl (C=O) groups is 1. The first-order valence-electron chi connectivity index (χ1n) is 5.02. The van der Waals surface area contributed by atoms with E-state index < -0.39 is 5.97 Å². The standard InChI is InChI=1S/C12H12N2O2/c1-7-3-4-10-9(5-7)8(2)13-11(14-10)6-12(15)16/h3-5H,6H2,1-2H3,(H,15,16). The molecule has 2 aromatic rings. The monoisotopic (exact) mass is 216 g/mol. The van der Waals surface area contributed by atoms with Crippen LogP contribution in [0.3, 0.4) is 0 Å². The lowest BCUT2D eigenvalue weighted by molar-refractivity contribution is -0.136. The summed E-state index contributed by atoms with van der Waals surface area (Å²) in [6, 6.07) is 5.86. The highest BCUT2D eigenvalue weighted by Gasteiger charge is 2.07. The third-order valence-corrected chi connectivity index (χ3v) is 2.40. The van der Waals surface area contributed by atoms with E-state index in [1.807, 2.05) is 32.0 Å². The van der Waals surface area contributed by atoms with Crippen LogP contribution in [-0.4, -0.2) is 21.0 Å². The minimum atomic E-state index is -0.911. The van der Waals surface area contributed by atoms with Crippen molar-refractivity contribution in [3.8, 4) is 0 Å². The number of hydrogen-bond acceptors (Lipinski definition) is 3. The molecule has 82 valence electrons. The van der Waals surface area contributed by atoms with E-state index in [0.29, 0.717) is 5.82 Å². The lowest BCUT2D eigenvalue weighted by Crippen LogP contribution is -2.06. The molecule has 0 aliphatic heterocycles. The summed E-state index contributed by atoms with van der Waals surface area (Å²) in [4.78, 5) is 19.0. The van der Waals surface area contributed by atoms with Crippen molar-refractivity contribution in [3.05, 3.63) is 35.3 Å². The molecule has 4 heteroatoms. The number of aromatic nitrogens is 2. The SMILES string of the molecule is Cc1ccc2nc(CC(=O)O)nc(C)c2c1. The zero-order chi connectivity index (χ0) is 11.7. The van der Waals surface area contributed by atoms with E-state index in [-0.39, 0.29) is 6.42 Å². The van der Waals surface area contributed by atoms with Crippen molar-refractivity contribution < 1.29 is 9.90 Å². The second kappa shape index (κ2) is 3.89. The Kier molecular flexibility index (Phi) is 2.56. The van der Waals surface area contributed by atoms with Crippen LogP contribution in [0.4, 0.5) is 0 Å².